The van der Waals surface area contributed by atoms with Crippen LogP contribution in [0.3, 0.4) is 0 Å². The van der Waals surface area contributed by atoms with Gasteiger partial charge in [-0.25, -0.2) is 4.98 Å². The van der Waals surface area contributed by atoms with E-state index in [1.807, 2.05) is 37.3 Å². The normalized spacial score (nSPS) is 11.9. The minimum Gasteiger partial charge on any atom is -0.494 e. The Morgan fingerprint density at radius 3 is 2.59 bits per heavy atom. The summed E-state index contributed by atoms with van der Waals surface area (Å²) in [4.78, 5) is 21.5. The van der Waals surface area contributed by atoms with Crippen LogP contribution in [-0.2, 0) is 6.54 Å². The molecular weight excluding hydrogens is 400 g/mol. The van der Waals surface area contributed by atoms with Gasteiger partial charge in [0.15, 0.2) is 0 Å². The molecule has 4 aromatic rings. The molecule has 2 aromatic carbocycles. The number of carbonyl (C=O) groups is 1. The topological polar surface area (TPSA) is 69.0 Å². The highest BCUT2D eigenvalue weighted by Crippen LogP contribution is 2.22. The van der Waals surface area contributed by atoms with Crippen LogP contribution in [0.15, 0.2) is 72.9 Å². The third kappa shape index (κ3) is 5.14. The van der Waals surface area contributed by atoms with E-state index in [0.29, 0.717) is 12.3 Å². The predicted molar refractivity (Wildman–Crippen MR) is 126 cm³/mol. The van der Waals surface area contributed by atoms with Crippen molar-refractivity contribution in [3.05, 3.63) is 90.0 Å². The third-order valence-electron chi connectivity index (χ3n) is 5.38. The monoisotopic (exact) mass is 428 g/mol. The van der Waals surface area contributed by atoms with Crippen LogP contribution >= 0.6 is 0 Å². The smallest absolute Gasteiger partial charge is 0.270 e. The van der Waals surface area contributed by atoms with Gasteiger partial charge in [0.25, 0.3) is 5.91 Å². The Labute approximate surface area is 188 Å². The number of rotatable bonds is 9. The molecule has 0 aliphatic carbocycles. The zero-order valence-electron chi connectivity index (χ0n) is 18.5. The van der Waals surface area contributed by atoms with Crippen LogP contribution in [0.2, 0.25) is 0 Å². The summed E-state index contributed by atoms with van der Waals surface area (Å²) in [5.74, 6) is 1.54. The zero-order chi connectivity index (χ0) is 22.3. The molecule has 164 valence electrons. The molecule has 0 aliphatic rings. The van der Waals surface area contributed by atoms with Gasteiger partial charge in [-0.05, 0) is 63.1 Å². The first-order chi connectivity index (χ1) is 15.6. The van der Waals surface area contributed by atoms with Crippen molar-refractivity contribution in [2.24, 2.45) is 0 Å². The zero-order valence-corrected chi connectivity index (χ0v) is 18.5. The van der Waals surface area contributed by atoms with E-state index in [1.54, 1.807) is 24.4 Å². The van der Waals surface area contributed by atoms with E-state index in [0.717, 1.165) is 42.0 Å². The number of benzene rings is 2. The number of amides is 1. The van der Waals surface area contributed by atoms with Crippen molar-refractivity contribution in [2.75, 3.05) is 6.61 Å². The van der Waals surface area contributed by atoms with E-state index in [1.165, 1.54) is 5.56 Å². The summed E-state index contributed by atoms with van der Waals surface area (Å²) in [7, 11) is 0. The molecular formula is C26H28N4O2. The maximum atomic E-state index is 12.6. The van der Waals surface area contributed by atoms with Crippen LogP contribution in [0.5, 0.6) is 5.75 Å². The summed E-state index contributed by atoms with van der Waals surface area (Å²) in [6, 6.07) is 21.2. The molecule has 0 bridgehead atoms. The van der Waals surface area contributed by atoms with Crippen molar-refractivity contribution in [2.45, 2.75) is 39.3 Å². The van der Waals surface area contributed by atoms with Gasteiger partial charge in [0.1, 0.15) is 17.3 Å². The molecule has 4 rings (SSSR count). The number of nitrogens with one attached hydrogen (secondary N) is 1. The van der Waals surface area contributed by atoms with Crippen LogP contribution in [0, 0.1) is 6.92 Å². The standard InChI is InChI=1S/C26H28N4O2/c1-19-12-14-21(15-13-19)32-18-8-7-17-30-24-11-4-3-9-22(24)29-25(30)20(2)28-26(31)23-10-5-6-16-27-23/h3-6,9-16,20H,7-8,17-18H2,1-2H3,(H,28,31). The van der Waals surface area contributed by atoms with Crippen molar-refractivity contribution in [3.63, 3.8) is 0 Å². The number of imidazole rings is 1. The number of hydrogen-bond acceptors (Lipinski definition) is 4. The predicted octanol–water partition coefficient (Wildman–Crippen LogP) is 5.09. The summed E-state index contributed by atoms with van der Waals surface area (Å²) in [5, 5.41) is 3.03. The van der Waals surface area contributed by atoms with Crippen molar-refractivity contribution < 1.29 is 9.53 Å². The number of ether oxygens (including phenoxy) is 1. The van der Waals surface area contributed by atoms with Crippen LogP contribution in [0.4, 0.5) is 0 Å². The van der Waals surface area contributed by atoms with Crippen molar-refractivity contribution >= 4 is 16.9 Å². The number of unbranched alkanes of at least 4 members (excludes halogenated alkanes) is 1. The molecule has 1 unspecified atom stereocenters. The minimum absolute atomic E-state index is 0.205. The molecule has 2 heterocycles. The Morgan fingerprint density at radius 2 is 1.81 bits per heavy atom. The first kappa shape index (κ1) is 21.6. The number of para-hydroxylation sites is 2. The molecule has 0 saturated heterocycles. The van der Waals surface area contributed by atoms with E-state index in [4.69, 9.17) is 9.72 Å². The first-order valence-electron chi connectivity index (χ1n) is 11.0. The fourth-order valence-electron chi connectivity index (χ4n) is 3.69. The number of nitrogens with zero attached hydrogens (tertiary/aromatic N) is 3. The van der Waals surface area contributed by atoms with Crippen LogP contribution in [-0.4, -0.2) is 27.0 Å². The number of carbonyl (C=O) groups excluding carboxylic acids is 1. The van der Waals surface area contributed by atoms with Gasteiger partial charge in [-0.1, -0.05) is 35.9 Å². The lowest BCUT2D eigenvalue weighted by Crippen LogP contribution is -2.29. The summed E-state index contributed by atoms with van der Waals surface area (Å²) < 4.78 is 8.06. The second-order valence-electron chi connectivity index (χ2n) is 7.89. The lowest BCUT2D eigenvalue weighted by atomic mass is 10.2. The molecule has 0 saturated carbocycles. The van der Waals surface area contributed by atoms with E-state index in [-0.39, 0.29) is 11.9 Å². The molecule has 2 aromatic heterocycles. The first-order valence-corrected chi connectivity index (χ1v) is 11.0. The highest BCUT2D eigenvalue weighted by atomic mass is 16.5. The fourth-order valence-corrected chi connectivity index (χ4v) is 3.69. The Bertz CT molecular complexity index is 1170. The largest absolute Gasteiger partial charge is 0.494 e. The lowest BCUT2D eigenvalue weighted by Gasteiger charge is -2.16. The SMILES string of the molecule is Cc1ccc(OCCCCn2c(C(C)NC(=O)c3ccccn3)nc3ccccc32)cc1. The molecule has 6 nitrogen and oxygen atoms in total. The maximum absolute atomic E-state index is 12.6. The number of pyridine rings is 1. The average Bonchev–Trinajstić information content (AvgIpc) is 3.19. The molecule has 6 heteroatoms. The second kappa shape index (κ2) is 10.1. The van der Waals surface area contributed by atoms with Crippen LogP contribution < -0.4 is 10.1 Å². The van der Waals surface area contributed by atoms with E-state index in [9.17, 15) is 4.79 Å². The van der Waals surface area contributed by atoms with Gasteiger partial charge < -0.3 is 14.6 Å². The third-order valence-corrected chi connectivity index (χ3v) is 5.38. The Morgan fingerprint density at radius 1 is 1.03 bits per heavy atom. The van der Waals surface area contributed by atoms with Gasteiger partial charge in [0, 0.05) is 12.7 Å². The summed E-state index contributed by atoms with van der Waals surface area (Å²) in [6.07, 6.45) is 3.49. The summed E-state index contributed by atoms with van der Waals surface area (Å²) in [6.45, 7) is 5.49. The quantitative estimate of drug-likeness (QED) is 0.377. The van der Waals surface area contributed by atoms with Crippen molar-refractivity contribution in [3.8, 4) is 5.75 Å². The molecule has 32 heavy (non-hydrogen) atoms. The number of aromatic nitrogens is 3. The second-order valence-corrected chi connectivity index (χ2v) is 7.89. The van der Waals surface area contributed by atoms with Crippen LogP contribution in [0.25, 0.3) is 11.0 Å². The molecule has 1 atom stereocenters. The van der Waals surface area contributed by atoms with Crippen LogP contribution in [0.1, 0.15) is 47.7 Å². The fraction of sp³-hybridized carbons (Fsp3) is 0.269. The van der Waals surface area contributed by atoms with E-state index < -0.39 is 0 Å². The van der Waals surface area contributed by atoms with Gasteiger partial charge in [-0.2, -0.15) is 0 Å². The lowest BCUT2D eigenvalue weighted by molar-refractivity contribution is 0.0932. The molecule has 0 fully saturated rings. The van der Waals surface area contributed by atoms with Gasteiger partial charge in [-0.15, -0.1) is 0 Å². The number of hydrogen-bond donors (Lipinski definition) is 1. The molecule has 0 aliphatic heterocycles. The molecule has 1 amide bonds. The number of aryl methyl sites for hydroxylation is 2. The molecule has 0 spiro atoms. The number of fused-ring (bicyclic) bond motifs is 1. The van der Waals surface area contributed by atoms with E-state index in [2.05, 4.69) is 40.0 Å². The highest BCUT2D eigenvalue weighted by Gasteiger charge is 2.19. The maximum Gasteiger partial charge on any atom is 0.270 e. The Hall–Kier alpha value is -3.67. The molecule has 1 N–H and O–H groups in total. The molecule has 0 radical (unpaired) electrons. The van der Waals surface area contributed by atoms with Crippen molar-refractivity contribution in [1.29, 1.82) is 0 Å². The van der Waals surface area contributed by atoms with Crippen molar-refractivity contribution in [1.82, 2.24) is 19.9 Å². The summed E-state index contributed by atoms with van der Waals surface area (Å²) in [5.41, 5.74) is 3.62. The van der Waals surface area contributed by atoms with Gasteiger partial charge in [0.05, 0.1) is 23.7 Å². The Kier molecular flexibility index (Phi) is 6.80. The highest BCUT2D eigenvalue weighted by molar-refractivity contribution is 5.92. The van der Waals surface area contributed by atoms with Gasteiger partial charge in [0.2, 0.25) is 0 Å². The average molecular weight is 429 g/mol. The summed E-state index contributed by atoms with van der Waals surface area (Å²) >= 11 is 0. The minimum atomic E-state index is -0.249. The Balaban J connectivity index is 1.41. The van der Waals surface area contributed by atoms with Gasteiger partial charge >= 0.3 is 0 Å². The van der Waals surface area contributed by atoms with Gasteiger partial charge in [-0.3, -0.25) is 9.78 Å². The van der Waals surface area contributed by atoms with E-state index >= 15 is 0 Å².